The van der Waals surface area contributed by atoms with Crippen molar-refractivity contribution in [3.05, 3.63) is 33.7 Å². The number of thioether (sulfide) groups is 1. The van der Waals surface area contributed by atoms with Crippen LogP contribution in [-0.4, -0.2) is 56.7 Å². The van der Waals surface area contributed by atoms with Gasteiger partial charge in [-0.3, -0.25) is 10.1 Å². The highest BCUT2D eigenvalue weighted by molar-refractivity contribution is 8.18. The van der Waals surface area contributed by atoms with E-state index in [1.54, 1.807) is 13.0 Å². The number of amides is 1. The summed E-state index contributed by atoms with van der Waals surface area (Å²) < 4.78 is 19.9. The van der Waals surface area contributed by atoms with Crippen LogP contribution >= 0.6 is 23.4 Å². The maximum Gasteiger partial charge on any atom is 0.344 e. The second kappa shape index (κ2) is 11.2. The molecule has 0 spiro atoms. The maximum absolute atomic E-state index is 11.8. The largest absolute Gasteiger partial charge is 0.493 e. The Bertz CT molecular complexity index is 931. The van der Waals surface area contributed by atoms with Crippen molar-refractivity contribution in [2.45, 2.75) is 6.92 Å². The fourth-order valence-corrected chi connectivity index (χ4v) is 2.99. The number of halogens is 1. The van der Waals surface area contributed by atoms with Crippen molar-refractivity contribution in [3.63, 3.8) is 0 Å². The predicted molar refractivity (Wildman–Crippen MR) is 111 cm³/mol. The number of rotatable bonds is 8. The van der Waals surface area contributed by atoms with E-state index in [4.69, 9.17) is 25.8 Å². The number of esters is 2. The Hall–Kier alpha value is -3.05. The summed E-state index contributed by atoms with van der Waals surface area (Å²) in [5, 5.41) is 10.7. The van der Waals surface area contributed by atoms with Gasteiger partial charge < -0.3 is 18.9 Å². The van der Waals surface area contributed by atoms with Gasteiger partial charge >= 0.3 is 11.9 Å². The number of benzene rings is 1. The molecule has 0 unspecified atom stereocenters. The fourth-order valence-electron chi connectivity index (χ4n) is 2.05. The van der Waals surface area contributed by atoms with Crippen LogP contribution in [0.4, 0.5) is 0 Å². The average molecular weight is 456 g/mol. The van der Waals surface area contributed by atoms with Crippen LogP contribution in [0.1, 0.15) is 12.5 Å². The lowest BCUT2D eigenvalue weighted by Crippen LogP contribution is -2.19. The van der Waals surface area contributed by atoms with Crippen molar-refractivity contribution in [3.8, 4) is 11.5 Å². The minimum atomic E-state index is -0.651. The first-order valence-electron chi connectivity index (χ1n) is 8.43. The molecule has 30 heavy (non-hydrogen) atoms. The zero-order valence-corrected chi connectivity index (χ0v) is 17.8. The SMILES string of the molecule is CCOC(=O)COc1cc(Cl)c(C=N/N=C2/NC(=O)/C(=C\C(=O)OC)S2)cc1OC. The Kier molecular flexibility index (Phi) is 8.69. The van der Waals surface area contributed by atoms with E-state index in [0.717, 1.165) is 17.8 Å². The summed E-state index contributed by atoms with van der Waals surface area (Å²) in [4.78, 5) is 34.6. The van der Waals surface area contributed by atoms with E-state index in [1.807, 2.05) is 0 Å². The molecule has 1 aliphatic heterocycles. The van der Waals surface area contributed by atoms with Gasteiger partial charge in [-0.2, -0.15) is 5.10 Å². The van der Waals surface area contributed by atoms with Gasteiger partial charge in [0.05, 0.1) is 37.0 Å². The summed E-state index contributed by atoms with van der Waals surface area (Å²) in [5.41, 5.74) is 0.459. The van der Waals surface area contributed by atoms with Crippen molar-refractivity contribution in [2.75, 3.05) is 27.4 Å². The number of methoxy groups -OCH3 is 2. The van der Waals surface area contributed by atoms with Crippen LogP contribution in [0.3, 0.4) is 0 Å². The molecule has 1 aromatic carbocycles. The molecular formula is C18H18ClN3O7S. The van der Waals surface area contributed by atoms with Crippen molar-refractivity contribution in [1.82, 2.24) is 5.32 Å². The van der Waals surface area contributed by atoms with Gasteiger partial charge in [-0.05, 0) is 24.8 Å². The van der Waals surface area contributed by atoms with E-state index in [0.29, 0.717) is 11.3 Å². The molecule has 0 aliphatic carbocycles. The smallest absolute Gasteiger partial charge is 0.344 e. The Labute approximate surface area is 181 Å². The first-order chi connectivity index (χ1) is 14.4. The molecule has 1 aliphatic rings. The number of carbonyl (C=O) groups is 3. The summed E-state index contributed by atoms with van der Waals surface area (Å²) in [5.74, 6) is -1.07. The monoisotopic (exact) mass is 455 g/mol. The molecular weight excluding hydrogens is 438 g/mol. The molecule has 1 amide bonds. The predicted octanol–water partition coefficient (Wildman–Crippen LogP) is 1.90. The van der Waals surface area contributed by atoms with Crippen LogP contribution in [0.2, 0.25) is 5.02 Å². The van der Waals surface area contributed by atoms with Crippen molar-refractivity contribution >= 4 is 52.6 Å². The molecule has 0 radical (unpaired) electrons. The van der Waals surface area contributed by atoms with Gasteiger partial charge in [0, 0.05) is 17.7 Å². The van der Waals surface area contributed by atoms with E-state index in [1.165, 1.54) is 26.5 Å². The molecule has 1 saturated heterocycles. The zero-order valence-electron chi connectivity index (χ0n) is 16.3. The van der Waals surface area contributed by atoms with Crippen molar-refractivity contribution in [1.29, 1.82) is 0 Å². The second-order valence-electron chi connectivity index (χ2n) is 5.36. The average Bonchev–Trinajstić information content (AvgIpc) is 3.06. The summed E-state index contributed by atoms with van der Waals surface area (Å²) in [7, 11) is 2.64. The molecule has 1 aromatic rings. The Morgan fingerprint density at radius 1 is 1.27 bits per heavy atom. The third kappa shape index (κ3) is 6.49. The highest BCUT2D eigenvalue weighted by Crippen LogP contribution is 2.33. The second-order valence-corrected chi connectivity index (χ2v) is 6.79. The number of amidine groups is 1. The van der Waals surface area contributed by atoms with Gasteiger partial charge in [0.1, 0.15) is 0 Å². The Morgan fingerprint density at radius 2 is 2.03 bits per heavy atom. The lowest BCUT2D eigenvalue weighted by Gasteiger charge is -2.11. The topological polar surface area (TPSA) is 125 Å². The van der Waals surface area contributed by atoms with Gasteiger partial charge in [0.2, 0.25) is 0 Å². The molecule has 1 fully saturated rings. The normalized spacial score (nSPS) is 16.1. The van der Waals surface area contributed by atoms with Crippen LogP contribution in [0.5, 0.6) is 11.5 Å². The first kappa shape index (κ1) is 23.2. The van der Waals surface area contributed by atoms with Crippen LogP contribution < -0.4 is 14.8 Å². The van der Waals surface area contributed by atoms with Crippen molar-refractivity contribution in [2.24, 2.45) is 10.2 Å². The van der Waals surface area contributed by atoms with Crippen LogP contribution in [0, 0.1) is 0 Å². The minimum absolute atomic E-state index is 0.138. The standard InChI is InChI=1S/C18H18ClN3O7S/c1-4-28-16(24)9-29-13-6-11(19)10(5-12(13)26-2)8-20-22-18-21-17(25)14(30-18)7-15(23)27-3/h5-8H,4,9H2,1-3H3,(H,21,22,25)/b14-7+,20-8?. The van der Waals surface area contributed by atoms with E-state index in [2.05, 4.69) is 20.3 Å². The minimum Gasteiger partial charge on any atom is -0.493 e. The van der Waals surface area contributed by atoms with Gasteiger partial charge in [0.15, 0.2) is 23.3 Å². The van der Waals surface area contributed by atoms with Crippen LogP contribution in [0.25, 0.3) is 0 Å². The zero-order chi connectivity index (χ0) is 22.1. The molecule has 1 heterocycles. The molecule has 2 rings (SSSR count). The number of hydrogen-bond donors (Lipinski definition) is 1. The number of hydrogen-bond acceptors (Lipinski definition) is 10. The third-order valence-corrected chi connectivity index (χ3v) is 4.61. The Morgan fingerprint density at radius 3 is 2.70 bits per heavy atom. The summed E-state index contributed by atoms with van der Waals surface area (Å²) >= 11 is 7.16. The van der Waals surface area contributed by atoms with Gasteiger partial charge in [-0.1, -0.05) is 11.6 Å². The lowest BCUT2D eigenvalue weighted by molar-refractivity contribution is -0.145. The number of carbonyl (C=O) groups excluding carboxylic acids is 3. The molecule has 12 heteroatoms. The fraction of sp³-hybridized carbons (Fsp3) is 0.278. The molecule has 0 aromatic heterocycles. The number of ether oxygens (including phenoxy) is 4. The third-order valence-electron chi connectivity index (χ3n) is 3.38. The van der Waals surface area contributed by atoms with Gasteiger partial charge in [0.25, 0.3) is 5.91 Å². The van der Waals surface area contributed by atoms with E-state index in [-0.39, 0.29) is 34.1 Å². The quantitative estimate of drug-likeness (QED) is 0.273. The molecule has 1 N–H and O–H groups in total. The highest BCUT2D eigenvalue weighted by Gasteiger charge is 2.25. The molecule has 10 nitrogen and oxygen atoms in total. The first-order valence-corrected chi connectivity index (χ1v) is 9.63. The molecule has 0 saturated carbocycles. The maximum atomic E-state index is 11.8. The molecule has 0 bridgehead atoms. The molecule has 160 valence electrons. The van der Waals surface area contributed by atoms with Crippen LogP contribution in [-0.2, 0) is 23.9 Å². The summed E-state index contributed by atoms with van der Waals surface area (Å²) in [6, 6.07) is 3.02. The summed E-state index contributed by atoms with van der Waals surface area (Å²) in [6.07, 6.45) is 2.41. The highest BCUT2D eigenvalue weighted by atomic mass is 35.5. The Balaban J connectivity index is 2.11. The van der Waals surface area contributed by atoms with Crippen molar-refractivity contribution < 1.29 is 33.3 Å². The van der Waals surface area contributed by atoms with Gasteiger partial charge in [-0.25, -0.2) is 9.59 Å². The molecule has 0 atom stereocenters. The van der Waals surface area contributed by atoms with E-state index in [9.17, 15) is 14.4 Å². The lowest BCUT2D eigenvalue weighted by atomic mass is 10.2. The van der Waals surface area contributed by atoms with E-state index < -0.39 is 17.8 Å². The summed E-state index contributed by atoms with van der Waals surface area (Å²) in [6.45, 7) is 1.65. The number of nitrogens with zero attached hydrogens (tertiary/aromatic N) is 2. The number of nitrogens with one attached hydrogen (secondary N) is 1. The van der Waals surface area contributed by atoms with E-state index >= 15 is 0 Å². The van der Waals surface area contributed by atoms with Crippen LogP contribution in [0.15, 0.2) is 33.3 Å². The van der Waals surface area contributed by atoms with Gasteiger partial charge in [-0.15, -0.1) is 5.10 Å².